The first-order valence-electron chi connectivity index (χ1n) is 14.3. The molecule has 13 heteroatoms. The van der Waals surface area contributed by atoms with E-state index in [0.717, 1.165) is 16.7 Å². The number of carbonyl (C=O) groups is 1. The van der Waals surface area contributed by atoms with Crippen LogP contribution in [0.1, 0.15) is 37.9 Å². The lowest BCUT2D eigenvalue weighted by Gasteiger charge is -2.45. The molecule has 45 heavy (non-hydrogen) atoms. The van der Waals surface area contributed by atoms with Gasteiger partial charge in [0.25, 0.3) is 0 Å². The molecular weight excluding hydrogens is 627 g/mol. The van der Waals surface area contributed by atoms with Crippen molar-refractivity contribution in [1.29, 1.82) is 0 Å². The number of rotatable bonds is 4. The summed E-state index contributed by atoms with van der Waals surface area (Å²) in [6.07, 6.45) is 2.83. The average Bonchev–Trinajstić information content (AvgIpc) is 3.15. The number of carbonyl (C=O) groups excluding carboxylic acids is 1. The summed E-state index contributed by atoms with van der Waals surface area (Å²) in [4.78, 5) is 39.7. The molecular formula is C32H29ClF3N5O3S. The number of nitrogens with zero attached hydrogens (tertiary/aromatic N) is 5. The van der Waals surface area contributed by atoms with Gasteiger partial charge in [-0.2, -0.15) is 4.98 Å². The summed E-state index contributed by atoms with van der Waals surface area (Å²) >= 11 is 8.12. The molecule has 234 valence electrons. The number of piperazine rings is 1. The van der Waals surface area contributed by atoms with Gasteiger partial charge in [0.15, 0.2) is 17.5 Å². The Morgan fingerprint density at radius 2 is 1.91 bits per heavy atom. The molecule has 1 fully saturated rings. The van der Waals surface area contributed by atoms with E-state index in [1.165, 1.54) is 17.8 Å². The molecule has 2 aliphatic heterocycles. The topological polar surface area (TPSA) is 91.6 Å². The molecule has 2 aliphatic rings. The van der Waals surface area contributed by atoms with E-state index >= 15 is 8.78 Å². The fourth-order valence-corrected chi connectivity index (χ4v) is 7.88. The van der Waals surface area contributed by atoms with Gasteiger partial charge in [0.05, 0.1) is 38.9 Å². The number of aromatic hydroxyl groups is 1. The van der Waals surface area contributed by atoms with Crippen LogP contribution in [0.2, 0.25) is 5.02 Å². The highest BCUT2D eigenvalue weighted by molar-refractivity contribution is 7.99. The molecule has 8 nitrogen and oxygen atoms in total. The van der Waals surface area contributed by atoms with Crippen molar-refractivity contribution in [2.45, 2.75) is 50.6 Å². The zero-order valence-electron chi connectivity index (χ0n) is 24.9. The van der Waals surface area contributed by atoms with Gasteiger partial charge in [-0.15, -0.1) is 11.8 Å². The number of thioether (sulfide) groups is 1. The predicted molar refractivity (Wildman–Crippen MR) is 169 cm³/mol. The molecule has 4 aromatic rings. The summed E-state index contributed by atoms with van der Waals surface area (Å²) in [6, 6.07) is 2.66. The number of phenolic OH excluding ortho intramolecular Hbond substituents is 1. The molecule has 1 amide bonds. The summed E-state index contributed by atoms with van der Waals surface area (Å²) in [6.45, 7) is 11.5. The van der Waals surface area contributed by atoms with Crippen LogP contribution in [0.4, 0.5) is 19.0 Å². The van der Waals surface area contributed by atoms with Crippen LogP contribution >= 0.6 is 23.4 Å². The van der Waals surface area contributed by atoms with Crippen molar-refractivity contribution in [3.8, 4) is 22.6 Å². The summed E-state index contributed by atoms with van der Waals surface area (Å²) in [5.41, 5.74) is -1.02. The maximum absolute atomic E-state index is 17.3. The van der Waals surface area contributed by atoms with Gasteiger partial charge in [-0.1, -0.05) is 32.0 Å². The first-order chi connectivity index (χ1) is 21.4. The molecule has 4 heterocycles. The normalized spacial score (nSPS) is 17.9. The van der Waals surface area contributed by atoms with Crippen molar-refractivity contribution in [2.75, 3.05) is 23.7 Å². The fourth-order valence-electron chi connectivity index (χ4n) is 6.24. The standard InChI is InChI=1S/C32H29ClF3N5O3S/c1-6-20(43)39-12-17-13-45-30-23-29(26(36)22(24(30)33)21-19(42)8-7-18(34)25(21)35)41(28-15(4)9-10-37-27(28)14(2)3)32(44)38-31(23)40(17)11-16(39)5/h6-10,14,16-17,42H,1,11-13H2,2-5H3. The number of aryl methyl sites for hydroxylation is 1. The van der Waals surface area contributed by atoms with Crippen molar-refractivity contribution in [3.63, 3.8) is 0 Å². The monoisotopic (exact) mass is 655 g/mol. The Balaban J connectivity index is 1.78. The third-order valence-corrected chi connectivity index (χ3v) is 10.1. The molecule has 0 spiro atoms. The smallest absolute Gasteiger partial charge is 0.354 e. The van der Waals surface area contributed by atoms with E-state index in [1.54, 1.807) is 24.1 Å². The lowest BCUT2D eigenvalue weighted by atomic mass is 9.99. The number of hydrogen-bond donors (Lipinski definition) is 1. The summed E-state index contributed by atoms with van der Waals surface area (Å²) in [5, 5.41) is 10.6. The molecule has 1 saturated heterocycles. The molecule has 2 atom stereocenters. The van der Waals surface area contributed by atoms with Gasteiger partial charge in [-0.05, 0) is 49.6 Å². The Morgan fingerprint density at radius 1 is 1.18 bits per heavy atom. The van der Waals surface area contributed by atoms with Gasteiger partial charge in [0.1, 0.15) is 11.6 Å². The van der Waals surface area contributed by atoms with E-state index in [4.69, 9.17) is 11.6 Å². The molecule has 0 radical (unpaired) electrons. The first-order valence-corrected chi connectivity index (χ1v) is 15.7. The van der Waals surface area contributed by atoms with E-state index in [2.05, 4.69) is 16.5 Å². The van der Waals surface area contributed by atoms with Gasteiger partial charge in [0, 0.05) is 41.5 Å². The minimum Gasteiger partial charge on any atom is -0.507 e. The number of benzene rings is 2. The average molecular weight is 656 g/mol. The number of fused-ring (bicyclic) bond motifs is 2. The van der Waals surface area contributed by atoms with Crippen molar-refractivity contribution in [2.24, 2.45) is 0 Å². The van der Waals surface area contributed by atoms with Gasteiger partial charge in [-0.25, -0.2) is 18.0 Å². The minimum atomic E-state index is -1.49. The quantitative estimate of drug-likeness (QED) is 0.256. The lowest BCUT2D eigenvalue weighted by Crippen LogP contribution is -2.60. The van der Waals surface area contributed by atoms with Gasteiger partial charge >= 0.3 is 5.69 Å². The Kier molecular flexibility index (Phi) is 7.85. The number of pyridine rings is 1. The first kappa shape index (κ1) is 31.0. The number of phenols is 1. The van der Waals surface area contributed by atoms with Crippen molar-refractivity contribution < 1.29 is 23.1 Å². The third-order valence-electron chi connectivity index (χ3n) is 8.39. The Morgan fingerprint density at radius 3 is 2.60 bits per heavy atom. The van der Waals surface area contributed by atoms with E-state index in [9.17, 15) is 19.1 Å². The Labute approximate surface area is 266 Å². The molecule has 0 aliphatic carbocycles. The molecule has 2 aromatic heterocycles. The number of amides is 1. The second-order valence-electron chi connectivity index (χ2n) is 11.5. The zero-order chi connectivity index (χ0) is 32.5. The van der Waals surface area contributed by atoms with Crippen LogP contribution < -0.4 is 10.6 Å². The number of halogens is 4. The Bertz CT molecular complexity index is 1980. The Hall–Kier alpha value is -4.03. The van der Waals surface area contributed by atoms with Gasteiger partial charge in [0.2, 0.25) is 5.91 Å². The summed E-state index contributed by atoms with van der Waals surface area (Å²) < 4.78 is 48.3. The van der Waals surface area contributed by atoms with Crippen LogP contribution in [0.25, 0.3) is 27.7 Å². The molecule has 2 unspecified atom stereocenters. The van der Waals surface area contributed by atoms with Crippen LogP contribution in [0, 0.1) is 24.4 Å². The molecule has 2 aromatic carbocycles. The van der Waals surface area contributed by atoms with Crippen LogP contribution in [0.5, 0.6) is 5.75 Å². The van der Waals surface area contributed by atoms with Crippen molar-refractivity contribution in [1.82, 2.24) is 19.4 Å². The van der Waals surface area contributed by atoms with Crippen molar-refractivity contribution in [3.05, 3.63) is 81.3 Å². The van der Waals surface area contributed by atoms with Gasteiger partial charge < -0.3 is 14.9 Å². The number of aromatic nitrogens is 3. The minimum absolute atomic E-state index is 0.165. The highest BCUT2D eigenvalue weighted by Crippen LogP contribution is 2.51. The molecule has 0 saturated carbocycles. The fraction of sp³-hybridized carbons (Fsp3) is 0.312. The number of hydrogen-bond acceptors (Lipinski definition) is 7. The predicted octanol–water partition coefficient (Wildman–Crippen LogP) is 6.35. The van der Waals surface area contributed by atoms with Crippen LogP contribution in [0.15, 0.2) is 46.7 Å². The lowest BCUT2D eigenvalue weighted by molar-refractivity contribution is -0.128. The largest absolute Gasteiger partial charge is 0.507 e. The highest BCUT2D eigenvalue weighted by atomic mass is 35.5. The zero-order valence-corrected chi connectivity index (χ0v) is 26.4. The van der Waals surface area contributed by atoms with Crippen LogP contribution in [0.3, 0.4) is 0 Å². The van der Waals surface area contributed by atoms with E-state index in [0.29, 0.717) is 22.7 Å². The molecule has 1 N–H and O–H groups in total. The van der Waals surface area contributed by atoms with Crippen LogP contribution in [-0.2, 0) is 4.79 Å². The molecule has 0 bridgehead atoms. The van der Waals surface area contributed by atoms with Crippen LogP contribution in [-0.4, -0.2) is 61.4 Å². The third kappa shape index (κ3) is 4.77. The van der Waals surface area contributed by atoms with Gasteiger partial charge in [-0.3, -0.25) is 14.3 Å². The maximum atomic E-state index is 17.3. The maximum Gasteiger partial charge on any atom is 0.354 e. The molecule has 6 rings (SSSR count). The van der Waals surface area contributed by atoms with Crippen molar-refractivity contribution >= 4 is 46.0 Å². The second kappa shape index (κ2) is 11.4. The van der Waals surface area contributed by atoms with E-state index in [1.807, 2.05) is 25.7 Å². The highest BCUT2D eigenvalue weighted by Gasteiger charge is 2.40. The van der Waals surface area contributed by atoms with E-state index in [-0.39, 0.29) is 63.6 Å². The van der Waals surface area contributed by atoms with E-state index < -0.39 is 40.0 Å². The number of anilines is 1. The summed E-state index contributed by atoms with van der Waals surface area (Å²) in [5.74, 6) is -4.61. The second-order valence-corrected chi connectivity index (χ2v) is 13.0. The summed E-state index contributed by atoms with van der Waals surface area (Å²) in [7, 11) is 0. The SMILES string of the molecule is C=CC(=O)N1CC2CSc3c(Cl)c(-c4c(O)ccc(F)c4F)c(F)c4c3c(nc(=O)n4-c3c(C)ccnc3C(C)C)N2CC1C.